The van der Waals surface area contributed by atoms with Crippen LogP contribution in [0.25, 0.3) is 0 Å². The van der Waals surface area contributed by atoms with Gasteiger partial charge in [-0.1, -0.05) is 10.2 Å². The minimum absolute atomic E-state index is 0.0278. The van der Waals surface area contributed by atoms with Crippen LogP contribution in [0.2, 0.25) is 0 Å². The predicted molar refractivity (Wildman–Crippen MR) is 48.4 cm³/mol. The number of nitrogens with zero attached hydrogens (tertiary/aromatic N) is 2. The van der Waals surface area contributed by atoms with E-state index in [1.54, 1.807) is 0 Å². The van der Waals surface area contributed by atoms with E-state index >= 15 is 0 Å². The van der Waals surface area contributed by atoms with E-state index in [0.717, 1.165) is 12.1 Å². The van der Waals surface area contributed by atoms with Gasteiger partial charge >= 0.3 is 12.0 Å². The van der Waals surface area contributed by atoms with Crippen molar-refractivity contribution in [2.24, 2.45) is 0 Å². The van der Waals surface area contributed by atoms with Crippen LogP contribution in [-0.4, -0.2) is 10.2 Å². The standard InChI is InChI=1S/C8H6F2N4O/c9-4-1-2-6(5(10)3-4)12-8-14-13-7(11)15-8/h1-3H,(H2,11,13)(H,12,14). The molecule has 2 aromatic rings. The summed E-state index contributed by atoms with van der Waals surface area (Å²) in [6.07, 6.45) is 0. The Balaban J connectivity index is 2.24. The van der Waals surface area contributed by atoms with Crippen molar-refractivity contribution in [2.75, 3.05) is 11.1 Å². The lowest BCUT2D eigenvalue weighted by Crippen LogP contribution is -1.94. The molecule has 2 rings (SSSR count). The zero-order chi connectivity index (χ0) is 10.8. The van der Waals surface area contributed by atoms with Gasteiger partial charge in [-0.05, 0) is 12.1 Å². The van der Waals surface area contributed by atoms with Crippen LogP contribution in [0.4, 0.5) is 26.5 Å². The van der Waals surface area contributed by atoms with Crippen molar-refractivity contribution in [3.05, 3.63) is 29.8 Å². The molecule has 1 aromatic carbocycles. The zero-order valence-corrected chi connectivity index (χ0v) is 7.37. The number of aromatic nitrogens is 2. The molecule has 0 saturated carbocycles. The molecule has 15 heavy (non-hydrogen) atoms. The predicted octanol–water partition coefficient (Wildman–Crippen LogP) is 1.67. The van der Waals surface area contributed by atoms with Gasteiger partial charge in [-0.2, -0.15) is 0 Å². The molecule has 0 amide bonds. The molecule has 0 saturated heterocycles. The van der Waals surface area contributed by atoms with Crippen LogP contribution in [0, 0.1) is 11.6 Å². The van der Waals surface area contributed by atoms with E-state index in [4.69, 9.17) is 10.2 Å². The quantitative estimate of drug-likeness (QED) is 0.791. The molecule has 1 aromatic heterocycles. The van der Waals surface area contributed by atoms with Crippen LogP contribution in [0.5, 0.6) is 0 Å². The number of nitrogen functional groups attached to an aromatic ring is 1. The van der Waals surface area contributed by atoms with E-state index in [1.165, 1.54) is 6.07 Å². The van der Waals surface area contributed by atoms with Gasteiger partial charge < -0.3 is 15.5 Å². The summed E-state index contributed by atoms with van der Waals surface area (Å²) < 4.78 is 30.4. The first-order valence-electron chi connectivity index (χ1n) is 3.96. The van der Waals surface area contributed by atoms with Gasteiger partial charge in [-0.15, -0.1) is 0 Å². The van der Waals surface area contributed by atoms with Crippen LogP contribution >= 0.6 is 0 Å². The van der Waals surface area contributed by atoms with Gasteiger partial charge in [0.25, 0.3) is 0 Å². The smallest absolute Gasteiger partial charge is 0.321 e. The topological polar surface area (TPSA) is 77.0 Å². The van der Waals surface area contributed by atoms with Crippen LogP contribution in [0.1, 0.15) is 0 Å². The average molecular weight is 212 g/mol. The number of hydrogen-bond acceptors (Lipinski definition) is 5. The Bertz CT molecular complexity index is 485. The highest BCUT2D eigenvalue weighted by molar-refractivity contribution is 5.52. The molecule has 0 aliphatic carbocycles. The van der Waals surface area contributed by atoms with E-state index < -0.39 is 11.6 Å². The SMILES string of the molecule is Nc1nnc(Nc2ccc(F)cc2F)o1. The van der Waals surface area contributed by atoms with Gasteiger partial charge in [0, 0.05) is 6.07 Å². The van der Waals surface area contributed by atoms with Gasteiger partial charge in [0.2, 0.25) is 0 Å². The molecular weight excluding hydrogens is 206 g/mol. The zero-order valence-electron chi connectivity index (χ0n) is 7.37. The third-order valence-electron chi connectivity index (χ3n) is 1.61. The van der Waals surface area contributed by atoms with E-state index in [-0.39, 0.29) is 17.7 Å². The maximum absolute atomic E-state index is 13.1. The molecule has 0 bridgehead atoms. The molecule has 1 heterocycles. The Labute approximate surface area is 82.9 Å². The lowest BCUT2D eigenvalue weighted by Gasteiger charge is -2.01. The van der Waals surface area contributed by atoms with Gasteiger partial charge in [0.1, 0.15) is 11.6 Å². The summed E-state index contributed by atoms with van der Waals surface area (Å²) in [7, 11) is 0. The second kappa shape index (κ2) is 3.52. The van der Waals surface area contributed by atoms with Gasteiger partial charge in [0.05, 0.1) is 5.69 Å². The van der Waals surface area contributed by atoms with E-state index in [1.807, 2.05) is 0 Å². The van der Waals surface area contributed by atoms with Crippen LogP contribution in [0.3, 0.4) is 0 Å². The molecule has 3 N–H and O–H groups in total. The fraction of sp³-hybridized carbons (Fsp3) is 0. The molecule has 0 aliphatic heterocycles. The summed E-state index contributed by atoms with van der Waals surface area (Å²) in [4.78, 5) is 0. The van der Waals surface area contributed by atoms with Crippen LogP contribution in [-0.2, 0) is 0 Å². The largest absolute Gasteiger partial charge is 0.389 e. The van der Waals surface area contributed by atoms with Crippen molar-refractivity contribution >= 4 is 17.7 Å². The Morgan fingerprint density at radius 3 is 2.67 bits per heavy atom. The van der Waals surface area contributed by atoms with Crippen molar-refractivity contribution in [3.8, 4) is 0 Å². The van der Waals surface area contributed by atoms with E-state index in [0.29, 0.717) is 0 Å². The Morgan fingerprint density at radius 2 is 2.07 bits per heavy atom. The summed E-state index contributed by atoms with van der Waals surface area (Å²) >= 11 is 0. The van der Waals surface area contributed by atoms with Crippen molar-refractivity contribution in [1.29, 1.82) is 0 Å². The summed E-state index contributed by atoms with van der Waals surface area (Å²) in [6, 6.07) is 2.86. The monoisotopic (exact) mass is 212 g/mol. The first-order valence-corrected chi connectivity index (χ1v) is 3.96. The molecule has 0 aliphatic rings. The minimum atomic E-state index is -0.758. The number of nitrogens with two attached hydrogens (primary N) is 1. The second-order valence-electron chi connectivity index (χ2n) is 2.69. The molecule has 0 spiro atoms. The minimum Gasteiger partial charge on any atom is -0.389 e. The van der Waals surface area contributed by atoms with Crippen molar-refractivity contribution in [2.45, 2.75) is 0 Å². The maximum atomic E-state index is 13.1. The van der Waals surface area contributed by atoms with Gasteiger partial charge in [-0.3, -0.25) is 0 Å². The van der Waals surface area contributed by atoms with Gasteiger partial charge in [0.15, 0.2) is 0 Å². The summed E-state index contributed by atoms with van der Waals surface area (Å²) in [5.41, 5.74) is 5.19. The number of hydrogen-bond donors (Lipinski definition) is 2. The molecule has 0 fully saturated rings. The van der Waals surface area contributed by atoms with Crippen molar-refractivity contribution in [3.63, 3.8) is 0 Å². The first-order chi connectivity index (χ1) is 7.15. The Morgan fingerprint density at radius 1 is 1.27 bits per heavy atom. The highest BCUT2D eigenvalue weighted by Gasteiger charge is 2.07. The highest BCUT2D eigenvalue weighted by atomic mass is 19.1. The summed E-state index contributed by atoms with van der Waals surface area (Å²) in [5, 5.41) is 9.28. The highest BCUT2D eigenvalue weighted by Crippen LogP contribution is 2.19. The summed E-state index contributed by atoms with van der Waals surface area (Å²) in [5.74, 6) is -1.42. The lowest BCUT2D eigenvalue weighted by molar-refractivity contribution is 0.577. The van der Waals surface area contributed by atoms with E-state index in [9.17, 15) is 8.78 Å². The first kappa shape index (κ1) is 9.38. The molecule has 78 valence electrons. The number of benzene rings is 1. The van der Waals surface area contributed by atoms with Crippen LogP contribution in [0.15, 0.2) is 22.6 Å². The Hall–Kier alpha value is -2.18. The molecule has 7 heteroatoms. The third kappa shape index (κ3) is 2.01. The fourth-order valence-corrected chi connectivity index (χ4v) is 0.991. The number of nitrogens with one attached hydrogen (secondary N) is 1. The molecule has 5 nitrogen and oxygen atoms in total. The van der Waals surface area contributed by atoms with Crippen molar-refractivity contribution in [1.82, 2.24) is 10.2 Å². The summed E-state index contributed by atoms with van der Waals surface area (Å²) in [6.45, 7) is 0. The van der Waals surface area contributed by atoms with Crippen LogP contribution < -0.4 is 11.1 Å². The van der Waals surface area contributed by atoms with Crippen molar-refractivity contribution < 1.29 is 13.2 Å². The second-order valence-corrected chi connectivity index (χ2v) is 2.69. The average Bonchev–Trinajstić information content (AvgIpc) is 2.56. The normalized spacial score (nSPS) is 10.3. The lowest BCUT2D eigenvalue weighted by atomic mass is 10.3. The molecular formula is C8H6F2N4O. The van der Waals surface area contributed by atoms with E-state index in [2.05, 4.69) is 15.5 Å². The number of halogens is 2. The Kier molecular flexibility index (Phi) is 2.20. The van der Waals surface area contributed by atoms with Gasteiger partial charge in [-0.25, -0.2) is 8.78 Å². The number of rotatable bonds is 2. The maximum Gasteiger partial charge on any atom is 0.321 e. The molecule has 0 atom stereocenters. The number of anilines is 3. The molecule has 0 unspecified atom stereocenters. The third-order valence-corrected chi connectivity index (χ3v) is 1.61. The molecule has 0 radical (unpaired) electrons. The fourth-order valence-electron chi connectivity index (χ4n) is 0.991.